The monoisotopic (exact) mass is 786 g/mol. The molecule has 4 aliphatic carbocycles. The average Bonchev–Trinajstić information content (AvgIpc) is 3.04. The molecular formula is C37H59IrP2Si. The standard InChI is InChI=1S/C37H55P2Si.Ir.4H/c1-40(36-28-16-14-26-34(36)38(30-18-6-2-7-19-30)31-20-8-3-9-21-31)37-29-17-15-27-35(37)39(32-22-10-4-11-23-32)33-24-12-5-13-25-33;;;;;/h14-17,26-33H,2-13,18-25H2,1H3;;;;;. The van der Waals surface area contributed by atoms with E-state index in [1.54, 1.807) is 0 Å². The van der Waals surface area contributed by atoms with Crippen LogP contribution < -0.4 is 21.0 Å². The molecule has 2 radical (unpaired) electrons. The van der Waals surface area contributed by atoms with Crippen molar-refractivity contribution in [2.75, 3.05) is 0 Å². The van der Waals surface area contributed by atoms with E-state index in [1.165, 1.54) is 128 Å². The summed E-state index contributed by atoms with van der Waals surface area (Å²) in [4.78, 5) is 0. The maximum atomic E-state index is 2.70. The van der Waals surface area contributed by atoms with Gasteiger partial charge in [-0.15, -0.1) is 0 Å². The molecule has 0 unspecified atom stereocenters. The second-order valence-electron chi connectivity index (χ2n) is 13.6. The van der Waals surface area contributed by atoms with Crippen molar-refractivity contribution in [2.45, 2.75) is 158 Å². The van der Waals surface area contributed by atoms with E-state index in [2.05, 4.69) is 55.1 Å². The first-order valence-electron chi connectivity index (χ1n) is 17.4. The van der Waals surface area contributed by atoms with Crippen LogP contribution in [0.3, 0.4) is 0 Å². The van der Waals surface area contributed by atoms with Crippen molar-refractivity contribution in [1.29, 1.82) is 0 Å². The summed E-state index contributed by atoms with van der Waals surface area (Å²) in [5.74, 6) is 0. The van der Waals surface area contributed by atoms with Gasteiger partial charge in [-0.05, 0) is 95.0 Å². The predicted octanol–water partition coefficient (Wildman–Crippen LogP) is 8.40. The van der Waals surface area contributed by atoms with E-state index in [4.69, 9.17) is 0 Å². The van der Waals surface area contributed by atoms with E-state index in [0.717, 1.165) is 22.6 Å². The van der Waals surface area contributed by atoms with Crippen LogP contribution in [0.15, 0.2) is 48.5 Å². The van der Waals surface area contributed by atoms with Gasteiger partial charge < -0.3 is 0 Å². The summed E-state index contributed by atoms with van der Waals surface area (Å²) in [6.07, 6.45) is 29.9. The first-order valence-corrected chi connectivity index (χ1v) is 22.4. The molecule has 0 N–H and O–H groups in total. The molecule has 0 bridgehead atoms. The van der Waals surface area contributed by atoms with Gasteiger partial charge in [0.25, 0.3) is 0 Å². The molecule has 0 atom stereocenters. The molecule has 0 amide bonds. The molecule has 2 aromatic rings. The molecule has 0 aromatic heterocycles. The fourth-order valence-corrected chi connectivity index (χ4v) is 20.4. The zero-order chi connectivity index (χ0) is 27.1. The van der Waals surface area contributed by atoms with Crippen LogP contribution in [0.5, 0.6) is 0 Å². The van der Waals surface area contributed by atoms with Gasteiger partial charge >= 0.3 is 20.1 Å². The van der Waals surface area contributed by atoms with E-state index in [1.807, 2.05) is 21.0 Å². The van der Waals surface area contributed by atoms with Gasteiger partial charge in [0, 0.05) is 0 Å². The summed E-state index contributed by atoms with van der Waals surface area (Å²) in [7, 11) is -0.920. The molecule has 4 fully saturated rings. The molecule has 0 heterocycles. The van der Waals surface area contributed by atoms with Crippen LogP contribution >= 0.6 is 15.8 Å². The number of hydrogen-bond donors (Lipinski definition) is 0. The third kappa shape index (κ3) is 7.88. The summed E-state index contributed by atoms with van der Waals surface area (Å²) >= 11 is 0. The normalized spacial score (nSPS) is 22.3. The van der Waals surface area contributed by atoms with E-state index in [0.29, 0.717) is 0 Å². The Labute approximate surface area is 270 Å². The van der Waals surface area contributed by atoms with Crippen molar-refractivity contribution >= 4 is 45.6 Å². The molecule has 2 aromatic carbocycles. The minimum absolute atomic E-state index is 0. The molecule has 4 heteroatoms. The summed E-state index contributed by atoms with van der Waals surface area (Å²) in [5.41, 5.74) is 3.94. The van der Waals surface area contributed by atoms with Crippen LogP contribution in [0.1, 0.15) is 128 Å². The number of hydrogen-bond acceptors (Lipinski definition) is 0. The Hall–Kier alpha value is 0.166. The number of rotatable bonds is 8. The first kappa shape index (κ1) is 32.6. The van der Waals surface area contributed by atoms with Crippen molar-refractivity contribution in [1.82, 2.24) is 0 Å². The fraction of sp³-hybridized carbons (Fsp3) is 0.676. The molecule has 41 heavy (non-hydrogen) atoms. The zero-order valence-corrected chi connectivity index (χ0v) is 31.9. The van der Waals surface area contributed by atoms with Crippen LogP contribution in [-0.2, 0) is 20.1 Å². The molecule has 4 saturated carbocycles. The van der Waals surface area contributed by atoms with Crippen LogP contribution in [-0.4, -0.2) is 31.4 Å². The van der Waals surface area contributed by atoms with Crippen LogP contribution in [0, 0.1) is 0 Å². The maximum absolute atomic E-state index is 2.70. The van der Waals surface area contributed by atoms with Gasteiger partial charge in [-0.2, -0.15) is 0 Å². The average molecular weight is 786 g/mol. The van der Waals surface area contributed by atoms with Crippen molar-refractivity contribution in [3.63, 3.8) is 0 Å². The quantitative estimate of drug-likeness (QED) is 0.187. The van der Waals surface area contributed by atoms with Crippen molar-refractivity contribution in [3.05, 3.63) is 48.5 Å². The van der Waals surface area contributed by atoms with E-state index < -0.39 is 8.80 Å². The van der Waals surface area contributed by atoms with E-state index in [9.17, 15) is 0 Å². The summed E-state index contributed by atoms with van der Waals surface area (Å²) in [6.45, 7) is 2.70. The van der Waals surface area contributed by atoms with Crippen molar-refractivity contribution in [2.24, 2.45) is 0 Å². The topological polar surface area (TPSA) is 0 Å². The SMILES string of the molecule is C[Si](c1ccccc1P(C1CCCCC1)C1CCCCC1)c1ccccc1P(C1CCCCC1)C1CCCCC1.[IrH4]. The van der Waals surface area contributed by atoms with Gasteiger partial charge in [0.05, 0.1) is 0 Å². The molecule has 6 rings (SSSR count). The first-order chi connectivity index (χ1) is 19.8. The Morgan fingerprint density at radius 2 is 0.707 bits per heavy atom. The van der Waals surface area contributed by atoms with Crippen LogP contribution in [0.25, 0.3) is 0 Å². The Morgan fingerprint density at radius 1 is 0.439 bits per heavy atom. The minimum atomic E-state index is -0.812. The van der Waals surface area contributed by atoms with Gasteiger partial charge in [0.1, 0.15) is 8.80 Å². The summed E-state index contributed by atoms with van der Waals surface area (Å²) in [6, 6.07) is 20.1. The van der Waals surface area contributed by atoms with Crippen molar-refractivity contribution < 1.29 is 20.1 Å². The Bertz CT molecular complexity index is 931. The summed E-state index contributed by atoms with van der Waals surface area (Å²) < 4.78 is 0. The van der Waals surface area contributed by atoms with Crippen LogP contribution in [0.4, 0.5) is 0 Å². The Balaban J connectivity index is 0.00000337. The molecule has 0 aliphatic heterocycles. The molecule has 0 spiro atoms. The van der Waals surface area contributed by atoms with Gasteiger partial charge in [0.15, 0.2) is 0 Å². The molecule has 0 saturated heterocycles. The van der Waals surface area contributed by atoms with E-state index in [-0.39, 0.29) is 35.9 Å². The number of benzene rings is 2. The Morgan fingerprint density at radius 3 is 1.00 bits per heavy atom. The molecule has 230 valence electrons. The third-order valence-corrected chi connectivity index (χ3v) is 21.1. The molecule has 0 nitrogen and oxygen atoms in total. The van der Waals surface area contributed by atoms with Crippen LogP contribution in [0.2, 0.25) is 6.55 Å². The predicted molar refractivity (Wildman–Crippen MR) is 190 cm³/mol. The second kappa shape index (κ2) is 16.5. The van der Waals surface area contributed by atoms with Gasteiger partial charge in [0.2, 0.25) is 0 Å². The third-order valence-electron chi connectivity index (χ3n) is 11.0. The molecule has 4 aliphatic rings. The Kier molecular flexibility index (Phi) is 13.1. The van der Waals surface area contributed by atoms with Gasteiger partial charge in [-0.25, -0.2) is 0 Å². The van der Waals surface area contributed by atoms with Crippen molar-refractivity contribution in [3.8, 4) is 0 Å². The molecular weight excluding hydrogens is 727 g/mol. The van der Waals surface area contributed by atoms with Gasteiger partial charge in [-0.3, -0.25) is 0 Å². The van der Waals surface area contributed by atoms with Gasteiger partial charge in [-0.1, -0.05) is 148 Å². The summed E-state index contributed by atoms with van der Waals surface area (Å²) in [5, 5.41) is 7.35. The second-order valence-corrected chi connectivity index (χ2v) is 21.5. The fourth-order valence-electron chi connectivity index (χ4n) is 9.00. The zero-order valence-electron chi connectivity index (χ0n) is 25.9. The van der Waals surface area contributed by atoms with E-state index >= 15 is 0 Å².